The quantitative estimate of drug-likeness (QED) is 0.430. The van der Waals surface area contributed by atoms with E-state index < -0.39 is 0 Å². The van der Waals surface area contributed by atoms with Gasteiger partial charge in [-0.15, -0.1) is 0 Å². The molecule has 100 valence electrons. The zero-order valence-electron chi connectivity index (χ0n) is 10.9. The Bertz CT molecular complexity index is 382. The van der Waals surface area contributed by atoms with Crippen LogP contribution in [0.15, 0.2) is 18.3 Å². The molecule has 0 saturated carbocycles. The van der Waals surface area contributed by atoms with Crippen molar-refractivity contribution in [3.63, 3.8) is 0 Å². The Morgan fingerprint density at radius 1 is 1.56 bits per heavy atom. The average molecular weight is 251 g/mol. The van der Waals surface area contributed by atoms with Crippen LogP contribution in [-0.2, 0) is 4.79 Å². The Kier molecular flexibility index (Phi) is 5.93. The van der Waals surface area contributed by atoms with E-state index in [2.05, 4.69) is 21.0 Å². The fourth-order valence-electron chi connectivity index (χ4n) is 1.39. The Hall–Kier alpha value is -1.82. The second-order valence-corrected chi connectivity index (χ2v) is 4.13. The normalized spacial score (nSPS) is 11.7. The number of nitrogens with zero attached hydrogens (tertiary/aromatic N) is 1. The number of amides is 1. The van der Waals surface area contributed by atoms with E-state index in [0.717, 1.165) is 12.1 Å². The first-order valence-corrected chi connectivity index (χ1v) is 6.11. The van der Waals surface area contributed by atoms with Crippen LogP contribution in [0.2, 0.25) is 0 Å². The molecule has 0 aliphatic heterocycles. The van der Waals surface area contributed by atoms with Crippen LogP contribution in [0.5, 0.6) is 0 Å². The van der Waals surface area contributed by atoms with Crippen LogP contribution in [0.25, 0.3) is 0 Å². The minimum Gasteiger partial charge on any atom is -0.384 e. The molecular formula is C12H21N5O. The van der Waals surface area contributed by atoms with E-state index in [9.17, 15) is 4.79 Å². The topological polar surface area (TPSA) is 92.1 Å². The van der Waals surface area contributed by atoms with Crippen LogP contribution in [0.4, 0.5) is 11.5 Å². The van der Waals surface area contributed by atoms with Gasteiger partial charge in [-0.2, -0.15) is 0 Å². The summed E-state index contributed by atoms with van der Waals surface area (Å²) in [6.07, 6.45) is 3.03. The highest BCUT2D eigenvalue weighted by Crippen LogP contribution is 2.10. The molecule has 1 atom stereocenters. The number of rotatable bonds is 7. The summed E-state index contributed by atoms with van der Waals surface area (Å²) in [5.74, 6) is 5.91. The van der Waals surface area contributed by atoms with Crippen molar-refractivity contribution in [3.05, 3.63) is 18.3 Å². The molecule has 0 saturated heterocycles. The SMILES string of the molecule is CCC(C)NC(=O)CCNc1ccnc(NN)c1. The smallest absolute Gasteiger partial charge is 0.221 e. The summed E-state index contributed by atoms with van der Waals surface area (Å²) in [5.41, 5.74) is 3.35. The molecule has 1 unspecified atom stereocenters. The molecule has 1 aromatic heterocycles. The van der Waals surface area contributed by atoms with Crippen LogP contribution >= 0.6 is 0 Å². The number of nitrogens with one attached hydrogen (secondary N) is 3. The third-order valence-corrected chi connectivity index (χ3v) is 2.61. The summed E-state index contributed by atoms with van der Waals surface area (Å²) in [6, 6.07) is 3.84. The van der Waals surface area contributed by atoms with E-state index >= 15 is 0 Å². The highest BCUT2D eigenvalue weighted by Gasteiger charge is 2.04. The molecule has 6 heteroatoms. The molecule has 0 spiro atoms. The minimum atomic E-state index is 0.0584. The number of carbonyl (C=O) groups excluding carboxylic acids is 1. The lowest BCUT2D eigenvalue weighted by Gasteiger charge is -2.12. The molecule has 5 N–H and O–H groups in total. The number of hydrogen-bond acceptors (Lipinski definition) is 5. The monoisotopic (exact) mass is 251 g/mol. The molecule has 18 heavy (non-hydrogen) atoms. The highest BCUT2D eigenvalue weighted by molar-refractivity contribution is 5.76. The van der Waals surface area contributed by atoms with Gasteiger partial charge in [0.1, 0.15) is 5.82 Å². The first kappa shape index (κ1) is 14.2. The molecule has 0 aliphatic carbocycles. The maximum atomic E-state index is 11.5. The van der Waals surface area contributed by atoms with Crippen LogP contribution in [-0.4, -0.2) is 23.5 Å². The van der Waals surface area contributed by atoms with E-state index in [1.54, 1.807) is 12.3 Å². The predicted molar refractivity (Wildman–Crippen MR) is 73.0 cm³/mol. The Morgan fingerprint density at radius 3 is 3.00 bits per heavy atom. The third kappa shape index (κ3) is 5.01. The number of hydrogen-bond donors (Lipinski definition) is 4. The lowest BCUT2D eigenvalue weighted by Crippen LogP contribution is -2.32. The molecule has 0 aliphatic rings. The minimum absolute atomic E-state index is 0.0584. The van der Waals surface area contributed by atoms with E-state index in [-0.39, 0.29) is 11.9 Å². The van der Waals surface area contributed by atoms with Crippen LogP contribution in [0, 0.1) is 0 Å². The van der Waals surface area contributed by atoms with Gasteiger partial charge in [0.25, 0.3) is 0 Å². The van der Waals surface area contributed by atoms with Crippen molar-refractivity contribution in [2.24, 2.45) is 5.84 Å². The maximum Gasteiger partial charge on any atom is 0.221 e. The molecular weight excluding hydrogens is 230 g/mol. The van der Waals surface area contributed by atoms with Crippen molar-refractivity contribution < 1.29 is 4.79 Å². The largest absolute Gasteiger partial charge is 0.384 e. The first-order chi connectivity index (χ1) is 8.65. The van der Waals surface area contributed by atoms with Gasteiger partial charge in [0, 0.05) is 37.0 Å². The molecule has 1 aromatic rings. The molecule has 1 amide bonds. The van der Waals surface area contributed by atoms with Gasteiger partial charge in [-0.05, 0) is 19.4 Å². The fourth-order valence-corrected chi connectivity index (χ4v) is 1.39. The van der Waals surface area contributed by atoms with Crippen molar-refractivity contribution in [3.8, 4) is 0 Å². The second-order valence-electron chi connectivity index (χ2n) is 4.13. The highest BCUT2D eigenvalue weighted by atomic mass is 16.1. The number of nitrogen functional groups attached to an aromatic ring is 1. The summed E-state index contributed by atoms with van der Waals surface area (Å²) in [5, 5.41) is 6.06. The van der Waals surface area contributed by atoms with Gasteiger partial charge in [0.05, 0.1) is 0 Å². The lowest BCUT2D eigenvalue weighted by molar-refractivity contribution is -0.121. The summed E-state index contributed by atoms with van der Waals surface area (Å²) in [7, 11) is 0. The zero-order chi connectivity index (χ0) is 13.4. The Balaban J connectivity index is 2.30. The molecule has 1 rings (SSSR count). The van der Waals surface area contributed by atoms with E-state index in [0.29, 0.717) is 18.8 Å². The van der Waals surface area contributed by atoms with Crippen molar-refractivity contribution >= 4 is 17.4 Å². The Labute approximate surface area is 107 Å². The maximum absolute atomic E-state index is 11.5. The lowest BCUT2D eigenvalue weighted by atomic mass is 10.2. The van der Waals surface area contributed by atoms with Crippen LogP contribution < -0.4 is 21.9 Å². The number of anilines is 2. The number of carbonyl (C=O) groups is 1. The fraction of sp³-hybridized carbons (Fsp3) is 0.500. The third-order valence-electron chi connectivity index (χ3n) is 2.61. The Morgan fingerprint density at radius 2 is 2.33 bits per heavy atom. The van der Waals surface area contributed by atoms with Gasteiger partial charge in [-0.25, -0.2) is 10.8 Å². The summed E-state index contributed by atoms with van der Waals surface area (Å²) in [4.78, 5) is 15.5. The van der Waals surface area contributed by atoms with Crippen molar-refractivity contribution in [1.82, 2.24) is 10.3 Å². The summed E-state index contributed by atoms with van der Waals surface area (Å²) < 4.78 is 0. The van der Waals surface area contributed by atoms with Gasteiger partial charge in [-0.1, -0.05) is 6.92 Å². The molecule has 6 nitrogen and oxygen atoms in total. The average Bonchev–Trinajstić information content (AvgIpc) is 2.38. The van der Waals surface area contributed by atoms with Gasteiger partial charge < -0.3 is 16.1 Å². The van der Waals surface area contributed by atoms with Crippen molar-refractivity contribution in [1.29, 1.82) is 0 Å². The second kappa shape index (κ2) is 7.50. The first-order valence-electron chi connectivity index (χ1n) is 6.11. The number of hydrazine groups is 1. The summed E-state index contributed by atoms with van der Waals surface area (Å²) >= 11 is 0. The molecule has 0 radical (unpaired) electrons. The van der Waals surface area contributed by atoms with E-state index in [4.69, 9.17) is 5.84 Å². The number of nitrogens with two attached hydrogens (primary N) is 1. The molecule has 0 bridgehead atoms. The van der Waals surface area contributed by atoms with Gasteiger partial charge in [-0.3, -0.25) is 4.79 Å². The molecule has 0 fully saturated rings. The summed E-state index contributed by atoms with van der Waals surface area (Å²) in [6.45, 7) is 4.62. The predicted octanol–water partition coefficient (Wildman–Crippen LogP) is 1.08. The molecule has 0 aromatic carbocycles. The number of aromatic nitrogens is 1. The van der Waals surface area contributed by atoms with Crippen LogP contribution in [0.3, 0.4) is 0 Å². The van der Waals surface area contributed by atoms with Gasteiger partial charge in [0.15, 0.2) is 0 Å². The zero-order valence-corrected chi connectivity index (χ0v) is 10.9. The van der Waals surface area contributed by atoms with Gasteiger partial charge in [0.2, 0.25) is 5.91 Å². The molecule has 1 heterocycles. The standard InChI is InChI=1S/C12H21N5O/c1-3-9(2)16-12(18)5-7-14-10-4-6-15-11(8-10)17-13/h4,6,8-9H,3,5,7,13H2,1-2H3,(H,16,18)(H2,14,15,17). The number of pyridine rings is 1. The van der Waals surface area contributed by atoms with E-state index in [1.165, 1.54) is 0 Å². The van der Waals surface area contributed by atoms with Crippen molar-refractivity contribution in [2.45, 2.75) is 32.7 Å². The van der Waals surface area contributed by atoms with E-state index in [1.807, 2.05) is 19.9 Å². The van der Waals surface area contributed by atoms with Crippen LogP contribution in [0.1, 0.15) is 26.7 Å². The van der Waals surface area contributed by atoms with Gasteiger partial charge >= 0.3 is 0 Å². The van der Waals surface area contributed by atoms with Crippen molar-refractivity contribution in [2.75, 3.05) is 17.3 Å².